The van der Waals surface area contributed by atoms with Gasteiger partial charge in [0.1, 0.15) is 0 Å². The van der Waals surface area contributed by atoms with Crippen molar-refractivity contribution in [1.29, 1.82) is 5.26 Å². The topological polar surface area (TPSA) is 73.2 Å². The molecule has 1 aromatic carbocycles. The maximum absolute atomic E-state index is 12.1. The average Bonchev–Trinajstić information content (AvgIpc) is 2.47. The zero-order valence-corrected chi connectivity index (χ0v) is 13.5. The molecule has 5 nitrogen and oxygen atoms in total. The van der Waals surface area contributed by atoms with E-state index in [9.17, 15) is 8.42 Å². The fourth-order valence-corrected chi connectivity index (χ4v) is 3.06. The molecule has 0 aliphatic heterocycles. The summed E-state index contributed by atoms with van der Waals surface area (Å²) in [5.74, 6) is 0. The lowest BCUT2D eigenvalue weighted by Gasteiger charge is -2.19. The van der Waals surface area contributed by atoms with Gasteiger partial charge in [0.05, 0.1) is 17.4 Å². The van der Waals surface area contributed by atoms with Crippen LogP contribution in [0.1, 0.15) is 25.8 Å². The highest BCUT2D eigenvalue weighted by Crippen LogP contribution is 2.10. The van der Waals surface area contributed by atoms with E-state index in [0.29, 0.717) is 13.1 Å². The Morgan fingerprint density at radius 1 is 1.19 bits per heavy atom. The first-order chi connectivity index (χ1) is 10.0. The summed E-state index contributed by atoms with van der Waals surface area (Å²) in [7, 11) is -3.47. The molecule has 0 heterocycles. The van der Waals surface area contributed by atoms with Gasteiger partial charge < -0.3 is 4.90 Å². The van der Waals surface area contributed by atoms with E-state index in [1.807, 2.05) is 6.07 Å². The zero-order valence-electron chi connectivity index (χ0n) is 12.7. The van der Waals surface area contributed by atoms with Gasteiger partial charge in [0.25, 0.3) is 0 Å². The third-order valence-corrected chi connectivity index (χ3v) is 4.70. The van der Waals surface area contributed by atoms with E-state index in [2.05, 4.69) is 23.5 Å². The molecule has 6 heteroatoms. The third-order valence-electron chi connectivity index (χ3n) is 3.22. The van der Waals surface area contributed by atoms with Crippen molar-refractivity contribution in [2.24, 2.45) is 0 Å². The molecule has 0 aliphatic rings. The minimum atomic E-state index is -3.47. The summed E-state index contributed by atoms with van der Waals surface area (Å²) in [6.45, 7) is 7.17. The molecule has 0 saturated carbocycles. The quantitative estimate of drug-likeness (QED) is 0.754. The number of nitrogens with one attached hydrogen (secondary N) is 1. The van der Waals surface area contributed by atoms with Gasteiger partial charge in [-0.2, -0.15) is 5.26 Å². The first-order valence-corrected chi connectivity index (χ1v) is 8.69. The number of hydrogen-bond acceptors (Lipinski definition) is 4. The second kappa shape index (κ2) is 8.78. The lowest BCUT2D eigenvalue weighted by atomic mass is 10.2. The Labute approximate surface area is 127 Å². The fraction of sp³-hybridized carbons (Fsp3) is 0.533. The van der Waals surface area contributed by atoms with Gasteiger partial charge in [0.2, 0.25) is 10.0 Å². The molecule has 1 N–H and O–H groups in total. The van der Waals surface area contributed by atoms with Gasteiger partial charge in [-0.05, 0) is 37.2 Å². The van der Waals surface area contributed by atoms with Crippen LogP contribution in [0.2, 0.25) is 0 Å². The standard InChI is InChI=1S/C15H23N3O2S/c1-3-12-18(4-2)13-11-17-21(19,20)15-7-5-14(6-8-15)9-10-16/h5-8,17H,3-4,9,11-13H2,1-2H3. The molecule has 1 rings (SSSR count). The van der Waals surface area contributed by atoms with Crippen molar-refractivity contribution in [3.63, 3.8) is 0 Å². The normalized spacial score (nSPS) is 11.5. The van der Waals surface area contributed by atoms with Crippen LogP contribution in [0.15, 0.2) is 29.2 Å². The molecule has 0 radical (unpaired) electrons. The molecule has 0 saturated heterocycles. The molecule has 0 fully saturated rings. The Kier molecular flexibility index (Phi) is 7.37. The molecule has 21 heavy (non-hydrogen) atoms. The summed E-state index contributed by atoms with van der Waals surface area (Å²) in [5.41, 5.74) is 0.816. The van der Waals surface area contributed by atoms with Crippen LogP contribution in [0.5, 0.6) is 0 Å². The molecule has 0 atom stereocenters. The van der Waals surface area contributed by atoms with Crippen molar-refractivity contribution in [2.75, 3.05) is 26.2 Å². The van der Waals surface area contributed by atoms with E-state index in [-0.39, 0.29) is 11.3 Å². The van der Waals surface area contributed by atoms with Crippen LogP contribution in [0.3, 0.4) is 0 Å². The molecule has 0 spiro atoms. The lowest BCUT2D eigenvalue weighted by Crippen LogP contribution is -2.35. The molecule has 1 aromatic rings. The van der Waals surface area contributed by atoms with Crippen LogP contribution in [-0.4, -0.2) is 39.5 Å². The maximum Gasteiger partial charge on any atom is 0.240 e. The van der Waals surface area contributed by atoms with Gasteiger partial charge in [0.15, 0.2) is 0 Å². The predicted octanol–water partition coefficient (Wildman–Crippen LogP) is 1.76. The van der Waals surface area contributed by atoms with Gasteiger partial charge in [-0.1, -0.05) is 26.0 Å². The molecule has 0 aliphatic carbocycles. The van der Waals surface area contributed by atoms with Crippen LogP contribution >= 0.6 is 0 Å². The summed E-state index contributed by atoms with van der Waals surface area (Å²) in [4.78, 5) is 2.45. The van der Waals surface area contributed by atoms with Gasteiger partial charge >= 0.3 is 0 Å². The SMILES string of the molecule is CCCN(CC)CCNS(=O)(=O)c1ccc(CC#N)cc1. The van der Waals surface area contributed by atoms with E-state index >= 15 is 0 Å². The highest BCUT2D eigenvalue weighted by molar-refractivity contribution is 7.89. The number of benzene rings is 1. The summed E-state index contributed by atoms with van der Waals surface area (Å²) in [6, 6.07) is 8.47. The first kappa shape index (κ1) is 17.6. The monoisotopic (exact) mass is 309 g/mol. The second-order valence-electron chi connectivity index (χ2n) is 4.81. The van der Waals surface area contributed by atoms with Crippen molar-refractivity contribution in [1.82, 2.24) is 9.62 Å². The Morgan fingerprint density at radius 3 is 2.38 bits per heavy atom. The lowest BCUT2D eigenvalue weighted by molar-refractivity contribution is 0.293. The second-order valence-corrected chi connectivity index (χ2v) is 6.58. The van der Waals surface area contributed by atoms with E-state index in [4.69, 9.17) is 5.26 Å². The van der Waals surface area contributed by atoms with Gasteiger partial charge in [-0.3, -0.25) is 0 Å². The smallest absolute Gasteiger partial charge is 0.240 e. The van der Waals surface area contributed by atoms with Crippen LogP contribution in [0.25, 0.3) is 0 Å². The van der Waals surface area contributed by atoms with Crippen LogP contribution in [0, 0.1) is 11.3 Å². The van der Waals surface area contributed by atoms with E-state index in [0.717, 1.165) is 25.1 Å². The number of sulfonamides is 1. The average molecular weight is 309 g/mol. The number of rotatable bonds is 9. The number of hydrogen-bond donors (Lipinski definition) is 1. The summed E-state index contributed by atoms with van der Waals surface area (Å²) >= 11 is 0. The van der Waals surface area contributed by atoms with E-state index < -0.39 is 10.0 Å². The van der Waals surface area contributed by atoms with Crippen LogP contribution < -0.4 is 4.72 Å². The molecular weight excluding hydrogens is 286 g/mol. The Bertz CT molecular complexity index is 562. The van der Waals surface area contributed by atoms with Crippen LogP contribution in [-0.2, 0) is 16.4 Å². The molecule has 0 unspecified atom stereocenters. The molecule has 0 aromatic heterocycles. The zero-order chi connectivity index (χ0) is 15.7. The van der Waals surface area contributed by atoms with Crippen molar-refractivity contribution in [3.05, 3.63) is 29.8 Å². The Morgan fingerprint density at radius 2 is 1.86 bits per heavy atom. The highest BCUT2D eigenvalue weighted by Gasteiger charge is 2.13. The van der Waals surface area contributed by atoms with E-state index in [1.54, 1.807) is 24.3 Å². The van der Waals surface area contributed by atoms with Crippen molar-refractivity contribution in [2.45, 2.75) is 31.6 Å². The third kappa shape index (κ3) is 5.84. The van der Waals surface area contributed by atoms with Crippen molar-refractivity contribution >= 4 is 10.0 Å². The number of likely N-dealkylation sites (N-methyl/N-ethyl adjacent to an activating group) is 1. The number of nitrogens with zero attached hydrogens (tertiary/aromatic N) is 2. The predicted molar refractivity (Wildman–Crippen MR) is 83.4 cm³/mol. The Hall–Kier alpha value is -1.42. The first-order valence-electron chi connectivity index (χ1n) is 7.21. The highest BCUT2D eigenvalue weighted by atomic mass is 32.2. The summed E-state index contributed by atoms with van der Waals surface area (Å²) < 4.78 is 26.9. The molecule has 116 valence electrons. The van der Waals surface area contributed by atoms with Crippen LogP contribution in [0.4, 0.5) is 0 Å². The van der Waals surface area contributed by atoms with Gasteiger partial charge in [-0.15, -0.1) is 0 Å². The van der Waals surface area contributed by atoms with Gasteiger partial charge in [0, 0.05) is 13.1 Å². The Balaban J connectivity index is 2.59. The minimum absolute atomic E-state index is 0.239. The molecule has 0 amide bonds. The van der Waals surface area contributed by atoms with E-state index in [1.165, 1.54) is 0 Å². The van der Waals surface area contributed by atoms with Crippen molar-refractivity contribution in [3.8, 4) is 6.07 Å². The summed E-state index contributed by atoms with van der Waals surface area (Å²) in [5, 5.41) is 8.60. The largest absolute Gasteiger partial charge is 0.302 e. The minimum Gasteiger partial charge on any atom is -0.302 e. The summed E-state index contributed by atoms with van der Waals surface area (Å²) in [6.07, 6.45) is 1.34. The fourth-order valence-electron chi connectivity index (χ4n) is 2.04. The maximum atomic E-state index is 12.1. The number of nitriles is 1. The van der Waals surface area contributed by atoms with Gasteiger partial charge in [-0.25, -0.2) is 13.1 Å². The van der Waals surface area contributed by atoms with Crippen molar-refractivity contribution < 1.29 is 8.42 Å². The molecular formula is C15H23N3O2S. The molecule has 0 bridgehead atoms.